The number of rotatable bonds is 4. The largest absolute Gasteiger partial charge is 0.455 e. The fraction of sp³-hybridized carbons (Fsp3) is 0. The Morgan fingerprint density at radius 3 is 1.79 bits per heavy atom. The molecule has 7 aromatic carbocycles. The third-order valence-corrected chi connectivity index (χ3v) is 9.30. The van der Waals surface area contributed by atoms with Crippen molar-refractivity contribution in [3.8, 4) is 44.9 Å². The lowest BCUT2D eigenvalue weighted by molar-refractivity contribution is 0.666. The molecule has 3 aromatic heterocycles. The second kappa shape index (κ2) is 10.5. The highest BCUT2D eigenvalue weighted by atomic mass is 16.3. The first-order chi connectivity index (χ1) is 23.8. The van der Waals surface area contributed by atoms with E-state index in [9.17, 15) is 0 Å². The van der Waals surface area contributed by atoms with Gasteiger partial charge in [0.15, 0.2) is 11.4 Å². The summed E-state index contributed by atoms with van der Waals surface area (Å²) < 4.78 is 13.2. The van der Waals surface area contributed by atoms with Gasteiger partial charge in [-0.15, -0.1) is 0 Å². The average Bonchev–Trinajstić information content (AvgIpc) is 3.72. The minimum atomic E-state index is 0.590. The number of hydrogen-bond donors (Lipinski definition) is 0. The van der Waals surface area contributed by atoms with Crippen LogP contribution in [0.2, 0.25) is 0 Å². The summed E-state index contributed by atoms with van der Waals surface area (Å²) in [5.41, 5.74) is 11.0. The van der Waals surface area contributed by atoms with Crippen LogP contribution in [-0.4, -0.2) is 9.97 Å². The van der Waals surface area contributed by atoms with E-state index in [-0.39, 0.29) is 0 Å². The summed E-state index contributed by atoms with van der Waals surface area (Å²) in [7, 11) is 0. The lowest BCUT2D eigenvalue weighted by Crippen LogP contribution is -1.94. The average molecular weight is 615 g/mol. The van der Waals surface area contributed by atoms with Crippen molar-refractivity contribution in [3.63, 3.8) is 0 Å². The summed E-state index contributed by atoms with van der Waals surface area (Å²) in [6.07, 6.45) is 0. The summed E-state index contributed by atoms with van der Waals surface area (Å²) in [6, 6.07) is 54.5. The summed E-state index contributed by atoms with van der Waals surface area (Å²) in [5.74, 6) is 0.590. The van der Waals surface area contributed by atoms with E-state index in [1.807, 2.05) is 42.5 Å². The highest BCUT2D eigenvalue weighted by Gasteiger charge is 2.23. The Hall–Kier alpha value is -6.52. The van der Waals surface area contributed by atoms with Gasteiger partial charge in [0.25, 0.3) is 0 Å². The van der Waals surface area contributed by atoms with Crippen LogP contribution in [0.25, 0.3) is 99.7 Å². The van der Waals surface area contributed by atoms with Crippen molar-refractivity contribution >= 4 is 54.8 Å². The van der Waals surface area contributed by atoms with Gasteiger partial charge in [0, 0.05) is 21.7 Å². The first-order valence-electron chi connectivity index (χ1n) is 16.1. The molecule has 4 heteroatoms. The van der Waals surface area contributed by atoms with Crippen LogP contribution < -0.4 is 0 Å². The second-order valence-electron chi connectivity index (χ2n) is 12.1. The van der Waals surface area contributed by atoms with E-state index in [4.69, 9.17) is 18.8 Å². The van der Waals surface area contributed by atoms with E-state index in [0.717, 1.165) is 77.1 Å². The molecule has 0 spiro atoms. The lowest BCUT2D eigenvalue weighted by Gasteiger charge is -2.10. The fourth-order valence-corrected chi connectivity index (χ4v) is 6.96. The van der Waals surface area contributed by atoms with Crippen LogP contribution >= 0.6 is 0 Å². The molecule has 0 bridgehead atoms. The van der Waals surface area contributed by atoms with E-state index in [1.165, 1.54) is 11.1 Å². The van der Waals surface area contributed by atoms with Crippen LogP contribution in [-0.2, 0) is 0 Å². The third-order valence-electron chi connectivity index (χ3n) is 9.30. The molecular formula is C44H26N2O2. The van der Waals surface area contributed by atoms with Gasteiger partial charge in [-0.25, -0.2) is 9.97 Å². The second-order valence-corrected chi connectivity index (χ2v) is 12.1. The van der Waals surface area contributed by atoms with E-state index >= 15 is 0 Å². The van der Waals surface area contributed by atoms with Gasteiger partial charge < -0.3 is 8.83 Å². The molecule has 0 amide bonds. The zero-order valence-corrected chi connectivity index (χ0v) is 25.7. The smallest absolute Gasteiger partial charge is 0.180 e. The number of furan rings is 2. The maximum Gasteiger partial charge on any atom is 0.180 e. The van der Waals surface area contributed by atoms with E-state index in [1.54, 1.807) is 0 Å². The number of benzene rings is 7. The van der Waals surface area contributed by atoms with Gasteiger partial charge in [-0.05, 0) is 63.4 Å². The topological polar surface area (TPSA) is 52.1 Å². The van der Waals surface area contributed by atoms with Crippen LogP contribution in [0.1, 0.15) is 0 Å². The zero-order chi connectivity index (χ0) is 31.6. The van der Waals surface area contributed by atoms with E-state index in [0.29, 0.717) is 11.4 Å². The number of para-hydroxylation sites is 1. The standard InChI is InChI=1S/C44H26N2O2/c1-3-11-27(12-4-1)28-19-21-29(22-20-28)33-23-24-35(42-39(33)36-25-31-15-7-8-16-32(31)26-38(36)48-42)44-45-40(30-13-5-2-6-14-30)43-41(46-44)34-17-9-10-18-37(34)47-43/h1-26H. The van der Waals surface area contributed by atoms with Crippen molar-refractivity contribution in [2.75, 3.05) is 0 Å². The van der Waals surface area contributed by atoms with Gasteiger partial charge >= 0.3 is 0 Å². The van der Waals surface area contributed by atoms with Crippen LogP contribution in [0.5, 0.6) is 0 Å². The predicted molar refractivity (Wildman–Crippen MR) is 196 cm³/mol. The van der Waals surface area contributed by atoms with Crippen molar-refractivity contribution in [3.05, 3.63) is 158 Å². The SMILES string of the molecule is c1ccc(-c2ccc(-c3ccc(-c4nc(-c5ccccc5)c5oc6ccccc6c5n4)c4oc5cc6ccccc6cc5c34)cc2)cc1. The molecule has 3 heterocycles. The monoisotopic (exact) mass is 614 g/mol. The highest BCUT2D eigenvalue weighted by molar-refractivity contribution is 6.18. The van der Waals surface area contributed by atoms with E-state index < -0.39 is 0 Å². The summed E-state index contributed by atoms with van der Waals surface area (Å²) in [5, 5.41) is 5.36. The number of nitrogens with zero attached hydrogens (tertiary/aromatic N) is 2. The van der Waals surface area contributed by atoms with Gasteiger partial charge in [0.1, 0.15) is 28.0 Å². The van der Waals surface area contributed by atoms with Crippen LogP contribution in [0, 0.1) is 0 Å². The zero-order valence-electron chi connectivity index (χ0n) is 25.7. The predicted octanol–water partition coefficient (Wildman–Crippen LogP) is 12.1. The highest BCUT2D eigenvalue weighted by Crippen LogP contribution is 2.44. The molecule has 10 aromatic rings. The molecule has 0 aliphatic heterocycles. The van der Waals surface area contributed by atoms with Gasteiger partial charge in [0.05, 0.1) is 5.56 Å². The Morgan fingerprint density at radius 1 is 0.396 bits per heavy atom. The minimum Gasteiger partial charge on any atom is -0.455 e. The lowest BCUT2D eigenvalue weighted by atomic mass is 9.94. The number of hydrogen-bond acceptors (Lipinski definition) is 4. The Labute approximate surface area is 275 Å². The summed E-state index contributed by atoms with van der Waals surface area (Å²) >= 11 is 0. The number of aromatic nitrogens is 2. The molecule has 0 aliphatic rings. The van der Waals surface area contributed by atoms with Gasteiger partial charge in [-0.2, -0.15) is 0 Å². The van der Waals surface area contributed by atoms with Gasteiger partial charge in [-0.3, -0.25) is 0 Å². The van der Waals surface area contributed by atoms with Crippen molar-refractivity contribution < 1.29 is 8.83 Å². The molecule has 0 N–H and O–H groups in total. The maximum absolute atomic E-state index is 6.82. The fourth-order valence-electron chi connectivity index (χ4n) is 6.96. The molecule has 10 rings (SSSR count). The minimum absolute atomic E-state index is 0.590. The van der Waals surface area contributed by atoms with Crippen molar-refractivity contribution in [2.45, 2.75) is 0 Å². The van der Waals surface area contributed by atoms with Crippen molar-refractivity contribution in [1.29, 1.82) is 0 Å². The third kappa shape index (κ3) is 4.16. The molecule has 0 aliphatic carbocycles. The summed E-state index contributed by atoms with van der Waals surface area (Å²) in [6.45, 7) is 0. The van der Waals surface area contributed by atoms with Crippen molar-refractivity contribution in [1.82, 2.24) is 9.97 Å². The molecule has 0 unspecified atom stereocenters. The van der Waals surface area contributed by atoms with E-state index in [2.05, 4.69) is 115 Å². The van der Waals surface area contributed by atoms with Gasteiger partial charge in [0.2, 0.25) is 0 Å². The Morgan fingerprint density at radius 2 is 1.00 bits per heavy atom. The molecule has 0 atom stereocenters. The molecule has 0 fully saturated rings. The maximum atomic E-state index is 6.82. The number of fused-ring (bicyclic) bond motifs is 7. The quantitative estimate of drug-likeness (QED) is 0.198. The Kier molecular flexibility index (Phi) is 5.84. The molecule has 0 saturated heterocycles. The van der Waals surface area contributed by atoms with Gasteiger partial charge in [-0.1, -0.05) is 127 Å². The van der Waals surface area contributed by atoms with Crippen LogP contribution in [0.15, 0.2) is 167 Å². The molecular weight excluding hydrogens is 588 g/mol. The molecule has 0 radical (unpaired) electrons. The molecule has 48 heavy (non-hydrogen) atoms. The van der Waals surface area contributed by atoms with Crippen molar-refractivity contribution in [2.24, 2.45) is 0 Å². The first-order valence-corrected chi connectivity index (χ1v) is 16.1. The first kappa shape index (κ1) is 26.7. The molecule has 224 valence electrons. The molecule has 0 saturated carbocycles. The normalized spacial score (nSPS) is 11.8. The molecule has 4 nitrogen and oxygen atoms in total. The van der Waals surface area contributed by atoms with Crippen LogP contribution in [0.3, 0.4) is 0 Å². The Balaban J connectivity index is 1.26. The summed E-state index contributed by atoms with van der Waals surface area (Å²) in [4.78, 5) is 10.4. The Bertz CT molecular complexity index is 2810. The van der Waals surface area contributed by atoms with Crippen LogP contribution in [0.4, 0.5) is 0 Å².